The molecule has 0 atom stereocenters. The first-order valence-electron chi connectivity index (χ1n) is 3.12. The molecule has 1 aliphatic rings. The molecule has 0 saturated carbocycles. The minimum atomic E-state index is -2.96. The van der Waals surface area contributed by atoms with Crippen molar-refractivity contribution in [3.63, 3.8) is 0 Å². The zero-order valence-corrected chi connectivity index (χ0v) is 9.23. The summed E-state index contributed by atoms with van der Waals surface area (Å²) >= 11 is -2.96. The molecule has 0 unspecified atom stereocenters. The van der Waals surface area contributed by atoms with Crippen LogP contribution in [0.2, 0.25) is 0 Å². The van der Waals surface area contributed by atoms with E-state index in [1.807, 2.05) is 19.1 Å². The third-order valence-electron chi connectivity index (χ3n) is 1.53. The molecule has 1 aliphatic carbocycles. The average molecular weight is 324 g/mol. The fraction of sp³-hybridized carbons (Fsp3) is 0.333. The van der Waals surface area contributed by atoms with Gasteiger partial charge in [0, 0.05) is 0 Å². The Hall–Kier alpha value is -0.632. The number of allylic oxidation sites excluding steroid dienone is 4. The Labute approximate surface area is 70.5 Å². The SMILES string of the molecule is CC1=[C]([WH]([N]=O)[N]=O)CC=C1. The first-order valence-corrected chi connectivity index (χ1v) is 7.60. The summed E-state index contributed by atoms with van der Waals surface area (Å²) in [5.74, 6) is 0. The van der Waals surface area contributed by atoms with Gasteiger partial charge in [0.05, 0.1) is 0 Å². The summed E-state index contributed by atoms with van der Waals surface area (Å²) in [5.41, 5.74) is 1.02. The molecule has 0 bridgehead atoms. The quantitative estimate of drug-likeness (QED) is 0.745. The zero-order valence-electron chi connectivity index (χ0n) is 6.02. The van der Waals surface area contributed by atoms with Crippen molar-refractivity contribution in [3.05, 3.63) is 31.5 Å². The molecule has 0 fully saturated rings. The minimum absolute atomic E-state index is 0.710. The normalized spacial score (nSPS) is 17.0. The van der Waals surface area contributed by atoms with Crippen LogP contribution in [0.25, 0.3) is 0 Å². The number of hydrogen-bond acceptors (Lipinski definition) is 4. The number of rotatable bonds is 3. The molecule has 4 nitrogen and oxygen atoms in total. The molecule has 0 spiro atoms. The van der Waals surface area contributed by atoms with Crippen LogP contribution in [-0.4, -0.2) is 0 Å². The Morgan fingerprint density at radius 2 is 2.09 bits per heavy atom. The Bertz CT molecular complexity index is 239. The first-order chi connectivity index (χ1) is 5.29. The molecule has 0 aromatic heterocycles. The summed E-state index contributed by atoms with van der Waals surface area (Å²) in [6, 6.07) is 0. The monoisotopic (exact) mass is 324 g/mol. The van der Waals surface area contributed by atoms with Crippen LogP contribution < -0.4 is 0 Å². The van der Waals surface area contributed by atoms with Gasteiger partial charge in [0.25, 0.3) is 0 Å². The van der Waals surface area contributed by atoms with Crippen molar-refractivity contribution in [2.24, 2.45) is 7.47 Å². The van der Waals surface area contributed by atoms with Crippen LogP contribution in [0.15, 0.2) is 29.2 Å². The topological polar surface area (TPSA) is 58.9 Å². The molecule has 0 aromatic rings. The number of nitroso groups, excluding NO2 is 2. The molecule has 0 aromatic carbocycles. The van der Waals surface area contributed by atoms with Gasteiger partial charge < -0.3 is 0 Å². The van der Waals surface area contributed by atoms with Gasteiger partial charge >= 0.3 is 70.1 Å². The Morgan fingerprint density at radius 3 is 2.45 bits per heavy atom. The van der Waals surface area contributed by atoms with E-state index in [-0.39, 0.29) is 0 Å². The third kappa shape index (κ3) is 1.69. The summed E-state index contributed by atoms with van der Waals surface area (Å²) in [5, 5.41) is 0. The van der Waals surface area contributed by atoms with Crippen molar-refractivity contribution in [2.75, 3.05) is 0 Å². The predicted molar refractivity (Wildman–Crippen MR) is 39.4 cm³/mol. The fourth-order valence-corrected chi connectivity index (χ4v) is 4.14. The van der Waals surface area contributed by atoms with E-state index in [4.69, 9.17) is 0 Å². The van der Waals surface area contributed by atoms with Gasteiger partial charge in [-0.3, -0.25) is 0 Å². The maximum absolute atomic E-state index is 10.2. The summed E-state index contributed by atoms with van der Waals surface area (Å²) < 4.78 is 6.55. The van der Waals surface area contributed by atoms with Crippen molar-refractivity contribution < 1.29 is 17.8 Å². The third-order valence-corrected chi connectivity index (χ3v) is 6.30. The molecule has 0 aliphatic heterocycles. The molecule has 0 saturated heterocycles. The molecule has 60 valence electrons. The number of hydrogen-bond donors (Lipinski definition) is 0. The van der Waals surface area contributed by atoms with E-state index < -0.39 is 17.8 Å². The van der Waals surface area contributed by atoms with Gasteiger partial charge in [-0.05, 0) is 0 Å². The van der Waals surface area contributed by atoms with Crippen LogP contribution in [-0.2, 0) is 17.8 Å². The summed E-state index contributed by atoms with van der Waals surface area (Å²) in [7, 11) is 0. The van der Waals surface area contributed by atoms with Crippen LogP contribution in [0.4, 0.5) is 0 Å². The Kier molecular flexibility index (Phi) is 2.82. The standard InChI is InChI=1S/C6H7.2NO.W.H/c1-6-4-2-3-5-6;2*1-2;;/h2,4H,3H2,1H3;;;;/q;2*-1;+2;. The van der Waals surface area contributed by atoms with Crippen LogP contribution in [0.1, 0.15) is 13.3 Å². The van der Waals surface area contributed by atoms with Gasteiger partial charge in [0.1, 0.15) is 0 Å². The van der Waals surface area contributed by atoms with Crippen molar-refractivity contribution in [3.8, 4) is 0 Å². The summed E-state index contributed by atoms with van der Waals surface area (Å²) in [4.78, 5) is 20.3. The van der Waals surface area contributed by atoms with E-state index in [1.165, 1.54) is 0 Å². The molecular weight excluding hydrogens is 316 g/mol. The molecule has 11 heavy (non-hydrogen) atoms. The van der Waals surface area contributed by atoms with Gasteiger partial charge in [-0.25, -0.2) is 0 Å². The summed E-state index contributed by atoms with van der Waals surface area (Å²) in [6.07, 6.45) is 4.55. The molecule has 0 heterocycles. The van der Waals surface area contributed by atoms with E-state index in [1.54, 1.807) is 0 Å². The van der Waals surface area contributed by atoms with Crippen LogP contribution in [0.5, 0.6) is 0 Å². The van der Waals surface area contributed by atoms with Gasteiger partial charge in [-0.15, -0.1) is 0 Å². The fourth-order valence-electron chi connectivity index (χ4n) is 0.957. The van der Waals surface area contributed by atoms with Crippen LogP contribution >= 0.6 is 0 Å². The molecule has 0 N–H and O–H groups in total. The molecule has 0 amide bonds. The maximum atomic E-state index is 10.2. The van der Waals surface area contributed by atoms with Crippen molar-refractivity contribution >= 4 is 0 Å². The molecular formula is C6H8N2O2W. The van der Waals surface area contributed by atoms with Crippen molar-refractivity contribution in [1.82, 2.24) is 0 Å². The molecule has 1 rings (SSSR count). The van der Waals surface area contributed by atoms with E-state index in [9.17, 15) is 9.81 Å². The summed E-state index contributed by atoms with van der Waals surface area (Å²) in [6.45, 7) is 1.89. The van der Waals surface area contributed by atoms with Gasteiger partial charge in [-0.1, -0.05) is 0 Å². The molecule has 5 heteroatoms. The second-order valence-electron chi connectivity index (χ2n) is 2.19. The van der Waals surface area contributed by atoms with Crippen LogP contribution in [0, 0.1) is 9.81 Å². The average Bonchev–Trinajstić information content (AvgIpc) is 2.40. The Balaban J connectivity index is 2.82. The number of nitrogens with zero attached hydrogens (tertiary/aromatic N) is 2. The van der Waals surface area contributed by atoms with Crippen LogP contribution in [0.3, 0.4) is 0 Å². The van der Waals surface area contributed by atoms with E-state index in [0.29, 0.717) is 6.42 Å². The first kappa shape index (κ1) is 8.46. The van der Waals surface area contributed by atoms with Gasteiger partial charge in [0.15, 0.2) is 0 Å². The second kappa shape index (κ2) is 3.67. The van der Waals surface area contributed by atoms with Gasteiger partial charge in [0.2, 0.25) is 0 Å². The van der Waals surface area contributed by atoms with E-state index in [0.717, 1.165) is 9.54 Å². The Morgan fingerprint density at radius 1 is 1.45 bits per heavy atom. The molecule has 0 radical (unpaired) electrons. The predicted octanol–water partition coefficient (Wildman–Crippen LogP) is 1.93. The zero-order chi connectivity index (χ0) is 8.27. The second-order valence-corrected chi connectivity index (χ2v) is 7.38. The van der Waals surface area contributed by atoms with Gasteiger partial charge in [-0.2, -0.15) is 0 Å². The van der Waals surface area contributed by atoms with Crippen molar-refractivity contribution in [1.29, 1.82) is 0 Å². The van der Waals surface area contributed by atoms with Crippen molar-refractivity contribution in [2.45, 2.75) is 13.3 Å². The van der Waals surface area contributed by atoms with E-state index >= 15 is 0 Å². The van der Waals surface area contributed by atoms with E-state index in [2.05, 4.69) is 7.47 Å².